The Balaban J connectivity index is 0.000000216. The molecule has 3 aromatic heterocycles. The molecule has 6 N–H and O–H groups in total. The van der Waals surface area contributed by atoms with Crippen molar-refractivity contribution in [3.63, 3.8) is 0 Å². The SMILES string of the molecule is Cn1nc(C(F)(F)F)cc1-c1cc(Cl)cc2c(O)c(C(=O)NCC(=O)O)c(=O)sc12.O=C(O)CNC(=O)c1c(O)c2cc(Cl)cc(-c3ccccc3)c2sc1=O. The number of aryl methyl sites for hydroxylation is 1. The third-order valence-corrected chi connectivity index (χ3v) is 10.2. The highest BCUT2D eigenvalue weighted by atomic mass is 35.5. The van der Waals surface area contributed by atoms with E-state index >= 15 is 0 Å². The lowest BCUT2D eigenvalue weighted by Gasteiger charge is -2.11. The van der Waals surface area contributed by atoms with Gasteiger partial charge in [0.15, 0.2) is 5.69 Å². The normalized spacial score (nSPS) is 11.2. The Morgan fingerprint density at radius 3 is 1.62 bits per heavy atom. The molecule has 0 aliphatic heterocycles. The lowest BCUT2D eigenvalue weighted by Crippen LogP contribution is -2.32. The highest BCUT2D eigenvalue weighted by Crippen LogP contribution is 2.41. The highest BCUT2D eigenvalue weighted by Gasteiger charge is 2.35. The number of aliphatic carboxylic acids is 2. The quantitative estimate of drug-likeness (QED) is 0.105. The number of carbonyl (C=O) groups excluding carboxylic acids is 2. The molecule has 6 rings (SSSR count). The Labute approximate surface area is 328 Å². The summed E-state index contributed by atoms with van der Waals surface area (Å²) in [6.45, 7) is -1.44. The van der Waals surface area contributed by atoms with Crippen LogP contribution >= 0.6 is 45.9 Å². The summed E-state index contributed by atoms with van der Waals surface area (Å²) in [5, 5.41) is 46.3. The lowest BCUT2D eigenvalue weighted by molar-refractivity contribution is -0.141. The second kappa shape index (κ2) is 16.4. The standard InChI is InChI=1S/C18H12ClNO5S.C17H11ClF3N3O5S/c19-10-6-11(9-4-2-1-3-5-9)16-12(7-10)15(23)14(18(25)26-16)17(24)20-8-13(21)22;1-24-9(4-10(23-24)17(19,20)21)7-2-6(18)3-8-13(27)12(16(29)30-14(7)8)15(28)22-5-11(25)26/h1-7,23H,8H2,(H,20,24)(H,21,22);2-4,27H,5H2,1H3,(H,22,28)(H,25,26). The fraction of sp³-hybridized carbons (Fsp3) is 0.114. The summed E-state index contributed by atoms with van der Waals surface area (Å²) in [5.74, 6) is -5.97. The number of hydrogen-bond donors (Lipinski definition) is 6. The van der Waals surface area contributed by atoms with E-state index in [0.29, 0.717) is 26.6 Å². The predicted octanol–water partition coefficient (Wildman–Crippen LogP) is 5.96. The number of amides is 2. The average molecular weight is 852 g/mol. The van der Waals surface area contributed by atoms with Crippen LogP contribution in [0.25, 0.3) is 42.6 Å². The lowest BCUT2D eigenvalue weighted by atomic mass is 10.0. The molecule has 0 radical (unpaired) electrons. The van der Waals surface area contributed by atoms with Gasteiger partial charge in [0.25, 0.3) is 11.8 Å². The number of halogens is 5. The van der Waals surface area contributed by atoms with Gasteiger partial charge in [0.2, 0.25) is 9.48 Å². The smallest absolute Gasteiger partial charge is 0.435 e. The van der Waals surface area contributed by atoms with Crippen molar-refractivity contribution >= 4 is 89.8 Å². The maximum atomic E-state index is 13.0. The zero-order valence-corrected chi connectivity index (χ0v) is 31.2. The molecule has 0 atom stereocenters. The van der Waals surface area contributed by atoms with Gasteiger partial charge in [0.1, 0.15) is 35.7 Å². The maximum absolute atomic E-state index is 13.0. The molecule has 21 heteroatoms. The van der Waals surface area contributed by atoms with Crippen LogP contribution in [0.2, 0.25) is 10.0 Å². The van der Waals surface area contributed by atoms with Crippen molar-refractivity contribution in [2.45, 2.75) is 6.18 Å². The number of hydrogen-bond acceptors (Lipinski definition) is 11. The number of carboxylic acids is 2. The minimum Gasteiger partial charge on any atom is -0.506 e. The number of carboxylic acid groups (broad SMARTS) is 2. The van der Waals surface area contributed by atoms with E-state index in [1.807, 2.05) is 35.6 Å². The van der Waals surface area contributed by atoms with E-state index in [0.717, 1.165) is 27.6 Å². The number of carbonyl (C=O) groups is 4. The highest BCUT2D eigenvalue weighted by molar-refractivity contribution is 7.17. The molecule has 0 aliphatic rings. The fourth-order valence-electron chi connectivity index (χ4n) is 5.28. The second-order valence-corrected chi connectivity index (χ2v) is 14.3. The number of aromatic hydroxyl groups is 2. The molecule has 56 heavy (non-hydrogen) atoms. The van der Waals surface area contributed by atoms with Crippen LogP contribution in [-0.4, -0.2) is 67.0 Å². The molecule has 0 bridgehead atoms. The number of rotatable bonds is 8. The molecular formula is C35H23Cl2F3N4O10S2. The predicted molar refractivity (Wildman–Crippen MR) is 202 cm³/mol. The molecule has 0 unspecified atom stereocenters. The van der Waals surface area contributed by atoms with Gasteiger partial charge in [-0.15, -0.1) is 0 Å². The summed E-state index contributed by atoms with van der Waals surface area (Å²) < 4.78 is 39.0. The molecule has 290 valence electrons. The van der Waals surface area contributed by atoms with E-state index in [1.54, 1.807) is 6.07 Å². The van der Waals surface area contributed by atoms with Crippen molar-refractivity contribution < 1.29 is 52.8 Å². The van der Waals surface area contributed by atoms with Gasteiger partial charge in [-0.1, -0.05) is 76.2 Å². The van der Waals surface area contributed by atoms with Crippen LogP contribution in [0.5, 0.6) is 11.5 Å². The Bertz CT molecular complexity index is 2700. The second-order valence-electron chi connectivity index (χ2n) is 11.4. The number of nitrogens with one attached hydrogen (secondary N) is 2. The molecular weight excluding hydrogens is 828 g/mol. The Morgan fingerprint density at radius 2 is 1.20 bits per heavy atom. The summed E-state index contributed by atoms with van der Waals surface area (Å²) >= 11 is 13.5. The molecule has 0 aliphatic carbocycles. The Kier molecular flexibility index (Phi) is 12.0. The van der Waals surface area contributed by atoms with E-state index < -0.39 is 80.8 Å². The van der Waals surface area contributed by atoms with Crippen molar-refractivity contribution in [3.05, 3.63) is 107 Å². The number of aromatic nitrogens is 2. The van der Waals surface area contributed by atoms with Crippen LogP contribution in [-0.2, 0) is 22.8 Å². The van der Waals surface area contributed by atoms with Crippen LogP contribution in [0.3, 0.4) is 0 Å². The van der Waals surface area contributed by atoms with Crippen LogP contribution in [0.1, 0.15) is 26.4 Å². The maximum Gasteiger partial charge on any atom is 0.435 e. The van der Waals surface area contributed by atoms with Crippen LogP contribution in [0.4, 0.5) is 13.2 Å². The van der Waals surface area contributed by atoms with Gasteiger partial charge in [-0.05, 0) is 35.9 Å². The zero-order valence-electron chi connectivity index (χ0n) is 28.0. The number of benzene rings is 3. The zero-order chi connectivity index (χ0) is 41.2. The van der Waals surface area contributed by atoms with Gasteiger partial charge in [0, 0.05) is 43.7 Å². The molecule has 0 fully saturated rings. The first-order valence-corrected chi connectivity index (χ1v) is 17.8. The van der Waals surface area contributed by atoms with Crippen molar-refractivity contribution in [2.75, 3.05) is 13.1 Å². The van der Waals surface area contributed by atoms with Crippen molar-refractivity contribution in [3.8, 4) is 33.9 Å². The third-order valence-electron chi connectivity index (χ3n) is 7.67. The number of fused-ring (bicyclic) bond motifs is 2. The molecule has 2 amide bonds. The van der Waals surface area contributed by atoms with E-state index in [2.05, 4.69) is 10.4 Å². The Morgan fingerprint density at radius 1 is 0.750 bits per heavy atom. The van der Waals surface area contributed by atoms with Crippen molar-refractivity contribution in [1.29, 1.82) is 0 Å². The van der Waals surface area contributed by atoms with Gasteiger partial charge < -0.3 is 31.1 Å². The number of nitrogens with zero attached hydrogens (tertiary/aromatic N) is 2. The fourth-order valence-corrected chi connectivity index (χ4v) is 7.76. The van der Waals surface area contributed by atoms with Gasteiger partial charge >= 0.3 is 18.1 Å². The van der Waals surface area contributed by atoms with E-state index in [9.17, 15) is 52.2 Å². The first kappa shape index (κ1) is 41.1. The summed E-state index contributed by atoms with van der Waals surface area (Å²) in [6.07, 6.45) is -4.70. The first-order chi connectivity index (χ1) is 26.3. The molecule has 0 spiro atoms. The summed E-state index contributed by atoms with van der Waals surface area (Å²) in [4.78, 5) is 70.4. The summed E-state index contributed by atoms with van der Waals surface area (Å²) in [6, 6.07) is 15.6. The minimum atomic E-state index is -4.70. The van der Waals surface area contributed by atoms with Gasteiger partial charge in [0.05, 0.1) is 10.4 Å². The van der Waals surface area contributed by atoms with Gasteiger partial charge in [-0.3, -0.25) is 33.4 Å². The molecule has 3 heterocycles. The summed E-state index contributed by atoms with van der Waals surface area (Å²) in [5.41, 5.74) is -0.811. The molecule has 0 saturated heterocycles. The van der Waals surface area contributed by atoms with E-state index in [4.69, 9.17) is 33.4 Å². The minimum absolute atomic E-state index is 0.0188. The van der Waals surface area contributed by atoms with E-state index in [1.165, 1.54) is 25.2 Å². The Hall–Kier alpha value is -6.02. The average Bonchev–Trinajstić information content (AvgIpc) is 3.52. The monoisotopic (exact) mass is 850 g/mol. The van der Waals surface area contributed by atoms with Gasteiger partial charge in [-0.2, -0.15) is 18.3 Å². The van der Waals surface area contributed by atoms with Crippen LogP contribution < -0.4 is 20.1 Å². The third kappa shape index (κ3) is 8.76. The molecule has 0 saturated carbocycles. The number of alkyl halides is 3. The molecule has 3 aromatic carbocycles. The van der Waals surface area contributed by atoms with Crippen LogP contribution in [0, 0.1) is 0 Å². The summed E-state index contributed by atoms with van der Waals surface area (Å²) in [7, 11) is 1.27. The first-order valence-electron chi connectivity index (χ1n) is 15.4. The molecule has 14 nitrogen and oxygen atoms in total. The van der Waals surface area contributed by atoms with Gasteiger partial charge in [-0.25, -0.2) is 0 Å². The topological polar surface area (TPSA) is 225 Å². The molecule has 6 aromatic rings. The van der Waals surface area contributed by atoms with Crippen molar-refractivity contribution in [1.82, 2.24) is 20.4 Å². The van der Waals surface area contributed by atoms with Crippen LogP contribution in [0.15, 0.2) is 70.3 Å². The largest absolute Gasteiger partial charge is 0.506 e. The van der Waals surface area contributed by atoms with E-state index in [-0.39, 0.29) is 31.8 Å². The van der Waals surface area contributed by atoms with Crippen molar-refractivity contribution in [2.24, 2.45) is 7.05 Å².